The molecule has 0 spiro atoms. The molecule has 0 aliphatic carbocycles. The van der Waals surface area contributed by atoms with Crippen LogP contribution in [0.4, 0.5) is 0 Å². The van der Waals surface area contributed by atoms with Crippen LogP contribution in [0.2, 0.25) is 0 Å². The van der Waals surface area contributed by atoms with Crippen LogP contribution in [-0.4, -0.2) is 24.3 Å². The Kier molecular flexibility index (Phi) is 5.64. The Morgan fingerprint density at radius 2 is 2.44 bits per heavy atom. The van der Waals surface area contributed by atoms with E-state index in [9.17, 15) is 4.79 Å². The molecule has 0 fully saturated rings. The third-order valence-corrected chi connectivity index (χ3v) is 2.36. The molecule has 0 amide bonds. The summed E-state index contributed by atoms with van der Waals surface area (Å²) in [4.78, 5) is 11.6. The maximum absolute atomic E-state index is 11.6. The zero-order valence-electron chi connectivity index (χ0n) is 9.52. The van der Waals surface area contributed by atoms with Crippen LogP contribution in [-0.2, 0) is 16.0 Å². The topological polar surface area (TPSA) is 59.7 Å². The quantitative estimate of drug-likeness (QED) is 0.568. The SMILES string of the molecule is CCCCOC(=O)[C@@H](CO)Cc1ccoc1. The number of esters is 1. The predicted octanol–water partition coefficient (Wildman–Crippen LogP) is 1.77. The summed E-state index contributed by atoms with van der Waals surface area (Å²) in [6.07, 6.45) is 5.42. The minimum atomic E-state index is -0.491. The molecule has 1 atom stereocenters. The fourth-order valence-corrected chi connectivity index (χ4v) is 1.35. The molecule has 0 saturated carbocycles. The van der Waals surface area contributed by atoms with Gasteiger partial charge in [-0.15, -0.1) is 0 Å². The molecule has 1 aromatic heterocycles. The zero-order chi connectivity index (χ0) is 11.8. The molecular formula is C12H18O4. The van der Waals surface area contributed by atoms with Crippen molar-refractivity contribution in [2.45, 2.75) is 26.2 Å². The van der Waals surface area contributed by atoms with E-state index >= 15 is 0 Å². The summed E-state index contributed by atoms with van der Waals surface area (Å²) in [6.45, 7) is 2.26. The summed E-state index contributed by atoms with van der Waals surface area (Å²) in [5.41, 5.74) is 0.895. The Labute approximate surface area is 95.2 Å². The summed E-state index contributed by atoms with van der Waals surface area (Å²) in [5, 5.41) is 9.12. The monoisotopic (exact) mass is 226 g/mol. The molecule has 1 aromatic rings. The molecule has 0 aliphatic heterocycles. The molecular weight excluding hydrogens is 208 g/mol. The number of unbranched alkanes of at least 4 members (excludes halogenated alkanes) is 1. The first kappa shape index (κ1) is 12.8. The van der Waals surface area contributed by atoms with Crippen molar-refractivity contribution in [3.8, 4) is 0 Å². The summed E-state index contributed by atoms with van der Waals surface area (Å²) < 4.78 is 9.96. The van der Waals surface area contributed by atoms with Crippen molar-refractivity contribution in [2.75, 3.05) is 13.2 Å². The van der Waals surface area contributed by atoms with Gasteiger partial charge < -0.3 is 14.3 Å². The smallest absolute Gasteiger partial charge is 0.311 e. The molecule has 90 valence electrons. The van der Waals surface area contributed by atoms with Gasteiger partial charge in [0, 0.05) is 0 Å². The molecule has 0 saturated heterocycles. The van der Waals surface area contributed by atoms with Crippen LogP contribution in [0.1, 0.15) is 25.3 Å². The highest BCUT2D eigenvalue weighted by atomic mass is 16.5. The number of carbonyl (C=O) groups is 1. The lowest BCUT2D eigenvalue weighted by Crippen LogP contribution is -2.23. The maximum atomic E-state index is 11.6. The predicted molar refractivity (Wildman–Crippen MR) is 58.9 cm³/mol. The molecule has 0 unspecified atom stereocenters. The Balaban J connectivity index is 2.38. The number of aliphatic hydroxyl groups excluding tert-OH is 1. The van der Waals surface area contributed by atoms with Crippen molar-refractivity contribution in [1.29, 1.82) is 0 Å². The lowest BCUT2D eigenvalue weighted by atomic mass is 10.0. The molecule has 0 aliphatic rings. The van der Waals surface area contributed by atoms with E-state index < -0.39 is 5.92 Å². The lowest BCUT2D eigenvalue weighted by Gasteiger charge is -2.12. The molecule has 4 heteroatoms. The number of furan rings is 1. The van der Waals surface area contributed by atoms with Gasteiger partial charge in [0.1, 0.15) is 0 Å². The van der Waals surface area contributed by atoms with Crippen LogP contribution in [0.5, 0.6) is 0 Å². The van der Waals surface area contributed by atoms with E-state index in [0.29, 0.717) is 13.0 Å². The van der Waals surface area contributed by atoms with Crippen molar-refractivity contribution in [3.05, 3.63) is 24.2 Å². The normalized spacial score (nSPS) is 12.4. The van der Waals surface area contributed by atoms with Gasteiger partial charge in [-0.1, -0.05) is 13.3 Å². The van der Waals surface area contributed by atoms with Gasteiger partial charge in [-0.2, -0.15) is 0 Å². The highest BCUT2D eigenvalue weighted by molar-refractivity contribution is 5.72. The van der Waals surface area contributed by atoms with Gasteiger partial charge in [-0.05, 0) is 24.5 Å². The Hall–Kier alpha value is -1.29. The van der Waals surface area contributed by atoms with Gasteiger partial charge in [0.25, 0.3) is 0 Å². The number of aliphatic hydroxyl groups is 1. The van der Waals surface area contributed by atoms with Crippen molar-refractivity contribution in [2.24, 2.45) is 5.92 Å². The van der Waals surface area contributed by atoms with E-state index in [4.69, 9.17) is 14.3 Å². The molecule has 0 radical (unpaired) electrons. The first-order valence-electron chi connectivity index (χ1n) is 5.56. The molecule has 4 nitrogen and oxygen atoms in total. The molecule has 0 aromatic carbocycles. The average molecular weight is 226 g/mol. The van der Waals surface area contributed by atoms with Crippen LogP contribution < -0.4 is 0 Å². The van der Waals surface area contributed by atoms with E-state index in [-0.39, 0.29) is 12.6 Å². The average Bonchev–Trinajstić information content (AvgIpc) is 2.78. The van der Waals surface area contributed by atoms with Gasteiger partial charge in [-0.25, -0.2) is 0 Å². The number of carbonyl (C=O) groups excluding carboxylic acids is 1. The third-order valence-electron chi connectivity index (χ3n) is 2.36. The Morgan fingerprint density at radius 3 is 3.00 bits per heavy atom. The molecule has 1 N–H and O–H groups in total. The van der Waals surface area contributed by atoms with E-state index in [1.165, 1.54) is 0 Å². The Bertz CT molecular complexity index is 292. The van der Waals surface area contributed by atoms with Crippen LogP contribution in [0.3, 0.4) is 0 Å². The van der Waals surface area contributed by atoms with Gasteiger partial charge in [-0.3, -0.25) is 4.79 Å². The van der Waals surface area contributed by atoms with Crippen molar-refractivity contribution < 1.29 is 19.1 Å². The Morgan fingerprint density at radius 1 is 1.62 bits per heavy atom. The maximum Gasteiger partial charge on any atom is 0.311 e. The minimum absolute atomic E-state index is 0.198. The zero-order valence-corrected chi connectivity index (χ0v) is 9.52. The standard InChI is InChI=1S/C12H18O4/c1-2-3-5-16-12(14)11(8-13)7-10-4-6-15-9-10/h4,6,9,11,13H,2-3,5,7-8H2,1H3/t11-/m1/s1. The van der Waals surface area contributed by atoms with Crippen LogP contribution >= 0.6 is 0 Å². The summed E-state index contributed by atoms with van der Waals surface area (Å²) in [7, 11) is 0. The highest BCUT2D eigenvalue weighted by Crippen LogP contribution is 2.11. The van der Waals surface area contributed by atoms with Crippen LogP contribution in [0.15, 0.2) is 23.0 Å². The van der Waals surface area contributed by atoms with Gasteiger partial charge >= 0.3 is 5.97 Å². The first-order chi connectivity index (χ1) is 7.77. The lowest BCUT2D eigenvalue weighted by molar-refractivity contribution is -0.150. The van der Waals surface area contributed by atoms with Crippen molar-refractivity contribution in [3.63, 3.8) is 0 Å². The highest BCUT2D eigenvalue weighted by Gasteiger charge is 2.19. The second-order valence-electron chi connectivity index (χ2n) is 3.74. The van der Waals surface area contributed by atoms with Crippen molar-refractivity contribution >= 4 is 5.97 Å². The van der Waals surface area contributed by atoms with Gasteiger partial charge in [0.05, 0.1) is 31.7 Å². The van der Waals surface area contributed by atoms with E-state index in [1.54, 1.807) is 18.6 Å². The number of rotatable bonds is 7. The number of hydrogen-bond donors (Lipinski definition) is 1. The first-order valence-corrected chi connectivity index (χ1v) is 5.56. The summed E-state index contributed by atoms with van der Waals surface area (Å²) in [5.74, 6) is -0.827. The van der Waals surface area contributed by atoms with Crippen LogP contribution in [0, 0.1) is 5.92 Å². The number of hydrogen-bond acceptors (Lipinski definition) is 4. The fourth-order valence-electron chi connectivity index (χ4n) is 1.35. The summed E-state index contributed by atoms with van der Waals surface area (Å²) in [6, 6.07) is 1.78. The fraction of sp³-hybridized carbons (Fsp3) is 0.583. The molecule has 0 bridgehead atoms. The number of ether oxygens (including phenoxy) is 1. The van der Waals surface area contributed by atoms with Gasteiger partial charge in [0.2, 0.25) is 0 Å². The largest absolute Gasteiger partial charge is 0.472 e. The molecule has 16 heavy (non-hydrogen) atoms. The van der Waals surface area contributed by atoms with E-state index in [1.807, 2.05) is 6.92 Å². The second-order valence-corrected chi connectivity index (χ2v) is 3.74. The molecule has 1 rings (SSSR count). The molecule has 1 heterocycles. The van der Waals surface area contributed by atoms with Crippen molar-refractivity contribution in [1.82, 2.24) is 0 Å². The van der Waals surface area contributed by atoms with Crippen LogP contribution in [0.25, 0.3) is 0 Å². The van der Waals surface area contributed by atoms with E-state index in [2.05, 4.69) is 0 Å². The van der Waals surface area contributed by atoms with E-state index in [0.717, 1.165) is 18.4 Å². The second kappa shape index (κ2) is 7.06. The third kappa shape index (κ3) is 4.06. The summed E-state index contributed by atoms with van der Waals surface area (Å²) >= 11 is 0. The minimum Gasteiger partial charge on any atom is -0.472 e. The van der Waals surface area contributed by atoms with Gasteiger partial charge in [0.15, 0.2) is 0 Å².